The van der Waals surface area contributed by atoms with Crippen molar-refractivity contribution < 1.29 is 14.6 Å². The number of carbonyl (C=O) groups excluding carboxylic acids is 1. The van der Waals surface area contributed by atoms with Crippen LogP contribution in [0.15, 0.2) is 17.0 Å². The van der Waals surface area contributed by atoms with Crippen LogP contribution in [0.2, 0.25) is 5.02 Å². The van der Waals surface area contributed by atoms with Crippen molar-refractivity contribution in [2.24, 2.45) is 5.92 Å². The molecule has 1 unspecified atom stereocenters. The third-order valence-electron chi connectivity index (χ3n) is 2.39. The second-order valence-electron chi connectivity index (χ2n) is 4.20. The Bertz CT molecular complexity index is 454. The van der Waals surface area contributed by atoms with E-state index in [0.717, 1.165) is 0 Å². The molecule has 0 saturated heterocycles. The third-order valence-corrected chi connectivity index (χ3v) is 4.26. The minimum absolute atomic E-state index is 0.0916. The van der Waals surface area contributed by atoms with Crippen LogP contribution >= 0.6 is 23.4 Å². The van der Waals surface area contributed by atoms with Gasteiger partial charge in [-0.3, -0.25) is 0 Å². The van der Waals surface area contributed by atoms with Crippen molar-refractivity contribution in [3.05, 3.63) is 22.7 Å². The maximum absolute atomic E-state index is 11.9. The number of benzene rings is 1. The molecule has 0 heterocycles. The zero-order valence-corrected chi connectivity index (χ0v) is 12.6. The molecule has 0 aliphatic rings. The molecular weight excluding hydrogens is 286 g/mol. The summed E-state index contributed by atoms with van der Waals surface area (Å²) in [5.74, 6) is 0.344. The van der Waals surface area contributed by atoms with Gasteiger partial charge < -0.3 is 15.6 Å². The maximum atomic E-state index is 11.9. The molecule has 1 aromatic rings. The SMILES string of the molecule is CCOC(=O)c1cc(N)cc(Cl)c1SCC(C)CO. The van der Waals surface area contributed by atoms with E-state index >= 15 is 0 Å². The van der Waals surface area contributed by atoms with E-state index < -0.39 is 5.97 Å². The van der Waals surface area contributed by atoms with E-state index in [1.807, 2.05) is 6.92 Å². The number of aliphatic hydroxyl groups is 1. The van der Waals surface area contributed by atoms with Gasteiger partial charge in [-0.1, -0.05) is 18.5 Å². The molecular formula is C13H18ClNO3S. The number of anilines is 1. The number of aliphatic hydroxyl groups excluding tert-OH is 1. The van der Waals surface area contributed by atoms with E-state index in [9.17, 15) is 4.79 Å². The number of halogens is 1. The quantitative estimate of drug-likeness (QED) is 0.480. The van der Waals surface area contributed by atoms with Gasteiger partial charge in [0.15, 0.2) is 0 Å². The Morgan fingerprint density at radius 1 is 1.58 bits per heavy atom. The first kappa shape index (κ1) is 16.1. The summed E-state index contributed by atoms with van der Waals surface area (Å²) in [7, 11) is 0. The zero-order chi connectivity index (χ0) is 14.4. The Morgan fingerprint density at radius 3 is 2.84 bits per heavy atom. The van der Waals surface area contributed by atoms with Crippen molar-refractivity contribution in [2.75, 3.05) is 24.7 Å². The number of nitrogen functional groups attached to an aromatic ring is 1. The van der Waals surface area contributed by atoms with E-state index in [2.05, 4.69) is 0 Å². The van der Waals surface area contributed by atoms with Crippen LogP contribution in [-0.4, -0.2) is 30.0 Å². The molecule has 0 bridgehead atoms. The average Bonchev–Trinajstić information content (AvgIpc) is 2.36. The molecule has 0 radical (unpaired) electrons. The van der Waals surface area contributed by atoms with Gasteiger partial charge in [0.25, 0.3) is 0 Å². The van der Waals surface area contributed by atoms with Gasteiger partial charge >= 0.3 is 5.97 Å². The Balaban J connectivity index is 3.02. The Morgan fingerprint density at radius 2 is 2.26 bits per heavy atom. The largest absolute Gasteiger partial charge is 0.462 e. The molecule has 0 aliphatic carbocycles. The lowest BCUT2D eigenvalue weighted by molar-refractivity contribution is 0.0522. The van der Waals surface area contributed by atoms with Crippen molar-refractivity contribution >= 4 is 35.0 Å². The molecule has 0 amide bonds. The lowest BCUT2D eigenvalue weighted by Gasteiger charge is -2.13. The lowest BCUT2D eigenvalue weighted by Crippen LogP contribution is -2.09. The Labute approximate surface area is 122 Å². The van der Waals surface area contributed by atoms with Crippen LogP contribution in [0, 0.1) is 5.92 Å². The fourth-order valence-corrected chi connectivity index (χ4v) is 2.84. The summed E-state index contributed by atoms with van der Waals surface area (Å²) in [4.78, 5) is 12.5. The summed E-state index contributed by atoms with van der Waals surface area (Å²) in [6.07, 6.45) is 0. The predicted octanol–water partition coefficient (Wildman–Crippen LogP) is 2.82. The van der Waals surface area contributed by atoms with Crippen molar-refractivity contribution in [3.63, 3.8) is 0 Å². The maximum Gasteiger partial charge on any atom is 0.339 e. The molecule has 1 aromatic carbocycles. The summed E-state index contributed by atoms with van der Waals surface area (Å²) in [6.45, 7) is 4.05. The molecule has 6 heteroatoms. The first-order valence-corrected chi connectivity index (χ1v) is 7.35. The molecule has 106 valence electrons. The zero-order valence-electron chi connectivity index (χ0n) is 11.0. The number of thioether (sulfide) groups is 1. The Hall–Kier alpha value is -0.910. The van der Waals surface area contributed by atoms with E-state index in [-0.39, 0.29) is 12.5 Å². The van der Waals surface area contributed by atoms with Crippen LogP contribution in [-0.2, 0) is 4.74 Å². The molecule has 19 heavy (non-hydrogen) atoms. The van der Waals surface area contributed by atoms with E-state index in [1.54, 1.807) is 19.1 Å². The molecule has 0 saturated carbocycles. The van der Waals surface area contributed by atoms with E-state index in [4.69, 9.17) is 27.2 Å². The van der Waals surface area contributed by atoms with Crippen molar-refractivity contribution in [1.82, 2.24) is 0 Å². The fourth-order valence-electron chi connectivity index (χ4n) is 1.40. The number of hydrogen-bond donors (Lipinski definition) is 2. The van der Waals surface area contributed by atoms with Crippen molar-refractivity contribution in [3.8, 4) is 0 Å². The normalized spacial score (nSPS) is 12.2. The number of hydrogen-bond acceptors (Lipinski definition) is 5. The molecule has 4 nitrogen and oxygen atoms in total. The van der Waals surface area contributed by atoms with Gasteiger partial charge in [0.05, 0.1) is 17.2 Å². The number of nitrogens with two attached hydrogens (primary N) is 1. The molecule has 3 N–H and O–H groups in total. The molecule has 0 spiro atoms. The first-order chi connectivity index (χ1) is 8.99. The predicted molar refractivity (Wildman–Crippen MR) is 78.8 cm³/mol. The highest BCUT2D eigenvalue weighted by Gasteiger charge is 2.18. The van der Waals surface area contributed by atoms with E-state index in [0.29, 0.717) is 33.5 Å². The van der Waals surface area contributed by atoms with Gasteiger partial charge in [-0.25, -0.2) is 4.79 Å². The summed E-state index contributed by atoms with van der Waals surface area (Å²) < 4.78 is 5.00. The topological polar surface area (TPSA) is 72.5 Å². The average molecular weight is 304 g/mol. The van der Waals surface area contributed by atoms with Crippen LogP contribution in [0.25, 0.3) is 0 Å². The van der Waals surface area contributed by atoms with Crippen LogP contribution in [0.5, 0.6) is 0 Å². The van der Waals surface area contributed by atoms with Gasteiger partial charge in [-0.05, 0) is 25.0 Å². The second-order valence-corrected chi connectivity index (χ2v) is 5.64. The van der Waals surface area contributed by atoms with Gasteiger partial charge in [0.1, 0.15) is 0 Å². The number of rotatable bonds is 6. The summed E-state index contributed by atoms with van der Waals surface area (Å²) in [5.41, 5.74) is 6.50. The summed E-state index contributed by atoms with van der Waals surface area (Å²) in [5, 5.41) is 9.46. The minimum atomic E-state index is -0.434. The van der Waals surface area contributed by atoms with Crippen LogP contribution in [0.4, 0.5) is 5.69 Å². The minimum Gasteiger partial charge on any atom is -0.462 e. The Kier molecular flexibility index (Phi) is 6.48. The molecule has 0 fully saturated rings. The fraction of sp³-hybridized carbons (Fsp3) is 0.462. The number of ether oxygens (including phenoxy) is 1. The number of carbonyl (C=O) groups is 1. The van der Waals surface area contributed by atoms with Gasteiger partial charge in [0.2, 0.25) is 0 Å². The molecule has 1 rings (SSSR count). The van der Waals surface area contributed by atoms with Crippen LogP contribution in [0.3, 0.4) is 0 Å². The van der Waals surface area contributed by atoms with E-state index in [1.165, 1.54) is 11.8 Å². The van der Waals surface area contributed by atoms with Gasteiger partial charge in [-0.15, -0.1) is 11.8 Å². The lowest BCUT2D eigenvalue weighted by atomic mass is 10.2. The first-order valence-electron chi connectivity index (χ1n) is 5.99. The molecule has 1 atom stereocenters. The van der Waals surface area contributed by atoms with Crippen LogP contribution < -0.4 is 5.73 Å². The summed E-state index contributed by atoms with van der Waals surface area (Å²) in [6, 6.07) is 3.17. The second kappa shape index (κ2) is 7.62. The smallest absolute Gasteiger partial charge is 0.339 e. The van der Waals surface area contributed by atoms with Gasteiger partial charge in [0, 0.05) is 22.9 Å². The standard InChI is InChI=1S/C13H18ClNO3S/c1-3-18-13(17)10-4-9(15)5-11(14)12(10)19-7-8(2)6-16/h4-5,8,16H,3,6-7,15H2,1-2H3. The van der Waals surface area contributed by atoms with Crippen LogP contribution in [0.1, 0.15) is 24.2 Å². The third kappa shape index (κ3) is 4.60. The summed E-state index contributed by atoms with van der Waals surface area (Å²) >= 11 is 7.56. The monoisotopic (exact) mass is 303 g/mol. The highest BCUT2D eigenvalue weighted by Crippen LogP contribution is 2.34. The molecule has 0 aliphatic heterocycles. The van der Waals surface area contributed by atoms with Gasteiger partial charge in [-0.2, -0.15) is 0 Å². The van der Waals surface area contributed by atoms with Crippen molar-refractivity contribution in [2.45, 2.75) is 18.7 Å². The highest BCUT2D eigenvalue weighted by atomic mass is 35.5. The molecule has 0 aromatic heterocycles. The number of esters is 1. The highest BCUT2D eigenvalue weighted by molar-refractivity contribution is 7.99. The van der Waals surface area contributed by atoms with Crippen molar-refractivity contribution in [1.29, 1.82) is 0 Å².